The molecule has 0 bridgehead atoms. The van der Waals surface area contributed by atoms with Gasteiger partial charge in [-0.25, -0.2) is 4.98 Å². The van der Waals surface area contributed by atoms with E-state index >= 15 is 0 Å². The topological polar surface area (TPSA) is 66.5 Å². The fourth-order valence-electron chi connectivity index (χ4n) is 1.78. The fourth-order valence-corrected chi connectivity index (χ4v) is 1.78. The summed E-state index contributed by atoms with van der Waals surface area (Å²) in [5.41, 5.74) is 1.71. The summed E-state index contributed by atoms with van der Waals surface area (Å²) >= 11 is 0. The lowest BCUT2D eigenvalue weighted by atomic mass is 10.1. The predicted octanol–water partition coefficient (Wildman–Crippen LogP) is 2.52. The van der Waals surface area contributed by atoms with Gasteiger partial charge in [-0.05, 0) is 38.5 Å². The van der Waals surface area contributed by atoms with Crippen LogP contribution in [0.4, 0.5) is 5.82 Å². The summed E-state index contributed by atoms with van der Waals surface area (Å²) in [6.45, 7) is 6.21. The molecule has 98 valence electrons. The number of aromatic nitrogens is 3. The Hall–Kier alpha value is -2.35. The Labute approximate surface area is 112 Å². The van der Waals surface area contributed by atoms with Crippen molar-refractivity contribution >= 4 is 5.82 Å². The monoisotopic (exact) mass is 255 g/mol. The maximum absolute atomic E-state index is 8.73. The van der Waals surface area contributed by atoms with Crippen molar-refractivity contribution in [2.75, 3.05) is 5.32 Å². The molecule has 0 aliphatic rings. The van der Waals surface area contributed by atoms with Crippen LogP contribution in [0.25, 0.3) is 0 Å². The zero-order chi connectivity index (χ0) is 13.8. The third-order valence-electron chi connectivity index (χ3n) is 3.14. The van der Waals surface area contributed by atoms with Gasteiger partial charge in [0.1, 0.15) is 11.9 Å². The average Bonchev–Trinajstić information content (AvgIpc) is 2.85. The van der Waals surface area contributed by atoms with Crippen LogP contribution < -0.4 is 5.32 Å². The van der Waals surface area contributed by atoms with Crippen LogP contribution in [-0.4, -0.2) is 20.8 Å². The molecule has 2 aromatic rings. The molecule has 19 heavy (non-hydrogen) atoms. The van der Waals surface area contributed by atoms with Crippen LogP contribution in [0.1, 0.15) is 31.0 Å². The zero-order valence-corrected chi connectivity index (χ0v) is 11.3. The van der Waals surface area contributed by atoms with Gasteiger partial charge in [0.05, 0.1) is 17.8 Å². The Morgan fingerprint density at radius 2 is 2.11 bits per heavy atom. The van der Waals surface area contributed by atoms with Crippen molar-refractivity contribution < 1.29 is 0 Å². The summed E-state index contributed by atoms with van der Waals surface area (Å²) < 4.78 is 1.94. The largest absolute Gasteiger partial charge is 0.365 e. The summed E-state index contributed by atoms with van der Waals surface area (Å²) in [5, 5.41) is 16.4. The Balaban J connectivity index is 2.03. The van der Waals surface area contributed by atoms with Gasteiger partial charge in [-0.1, -0.05) is 0 Å². The highest BCUT2D eigenvalue weighted by Crippen LogP contribution is 2.15. The molecule has 0 amide bonds. The third-order valence-corrected chi connectivity index (χ3v) is 3.14. The first-order chi connectivity index (χ1) is 9.10. The van der Waals surface area contributed by atoms with Gasteiger partial charge in [0.2, 0.25) is 0 Å². The van der Waals surface area contributed by atoms with Crippen molar-refractivity contribution in [3.05, 3.63) is 41.9 Å². The average molecular weight is 255 g/mol. The third kappa shape index (κ3) is 3.10. The van der Waals surface area contributed by atoms with Gasteiger partial charge in [0, 0.05) is 18.4 Å². The summed E-state index contributed by atoms with van der Waals surface area (Å²) in [6, 6.07) is 6.02. The maximum atomic E-state index is 8.73. The van der Waals surface area contributed by atoms with Crippen molar-refractivity contribution in [1.82, 2.24) is 14.8 Å². The predicted molar refractivity (Wildman–Crippen MR) is 73.7 cm³/mol. The Bertz CT molecular complexity index is 579. The highest BCUT2D eigenvalue weighted by atomic mass is 15.3. The molecule has 2 aromatic heterocycles. The highest BCUT2D eigenvalue weighted by molar-refractivity contribution is 5.39. The van der Waals surface area contributed by atoms with E-state index in [-0.39, 0.29) is 12.1 Å². The molecule has 5 nitrogen and oxygen atoms in total. The molecule has 0 saturated carbocycles. The number of anilines is 1. The minimum absolute atomic E-state index is 0.180. The normalized spacial score (nSPS) is 13.6. The van der Waals surface area contributed by atoms with E-state index in [1.807, 2.05) is 30.1 Å². The van der Waals surface area contributed by atoms with E-state index in [9.17, 15) is 0 Å². The van der Waals surface area contributed by atoms with Gasteiger partial charge in [0.15, 0.2) is 0 Å². The van der Waals surface area contributed by atoms with Gasteiger partial charge in [0.25, 0.3) is 0 Å². The smallest absolute Gasteiger partial charge is 0.126 e. The van der Waals surface area contributed by atoms with E-state index in [0.29, 0.717) is 5.56 Å². The van der Waals surface area contributed by atoms with Crippen LogP contribution in [0.5, 0.6) is 0 Å². The van der Waals surface area contributed by atoms with Gasteiger partial charge in [-0.2, -0.15) is 10.4 Å². The van der Waals surface area contributed by atoms with Crippen LogP contribution in [0.3, 0.4) is 0 Å². The molecule has 2 heterocycles. The molecule has 0 aliphatic carbocycles. The lowest BCUT2D eigenvalue weighted by Gasteiger charge is -2.22. The van der Waals surface area contributed by atoms with Gasteiger partial charge in [-0.3, -0.25) is 4.68 Å². The van der Waals surface area contributed by atoms with Crippen LogP contribution in [0.15, 0.2) is 30.7 Å². The summed E-state index contributed by atoms with van der Waals surface area (Å²) in [4.78, 5) is 4.21. The standard InChI is InChI=1S/C14H17N5/c1-10-7-17-19(9-10)12(3)11(2)18-14-5-4-13(6-15)8-16-14/h4-5,7-9,11-12H,1-3H3,(H,16,18)/t11-,12-/m1/s1. The van der Waals surface area contributed by atoms with Gasteiger partial charge < -0.3 is 5.32 Å². The Morgan fingerprint density at radius 1 is 1.32 bits per heavy atom. The molecule has 0 saturated heterocycles. The van der Waals surface area contributed by atoms with Crippen molar-refractivity contribution in [1.29, 1.82) is 5.26 Å². The molecular weight excluding hydrogens is 238 g/mol. The second-order valence-corrected chi connectivity index (χ2v) is 4.72. The molecule has 2 rings (SSSR count). The van der Waals surface area contributed by atoms with Crippen LogP contribution in [0.2, 0.25) is 0 Å². The molecule has 0 unspecified atom stereocenters. The second-order valence-electron chi connectivity index (χ2n) is 4.72. The summed E-state index contributed by atoms with van der Waals surface area (Å²) in [7, 11) is 0. The number of rotatable bonds is 4. The molecule has 0 fully saturated rings. The first-order valence-corrected chi connectivity index (χ1v) is 6.23. The number of pyridine rings is 1. The molecule has 0 aliphatic heterocycles. The van der Waals surface area contributed by atoms with E-state index in [4.69, 9.17) is 5.26 Å². The van der Waals surface area contributed by atoms with Crippen molar-refractivity contribution in [2.24, 2.45) is 0 Å². The van der Waals surface area contributed by atoms with Crippen molar-refractivity contribution in [3.8, 4) is 6.07 Å². The van der Waals surface area contributed by atoms with Gasteiger partial charge in [-0.15, -0.1) is 0 Å². The van der Waals surface area contributed by atoms with Crippen LogP contribution in [-0.2, 0) is 0 Å². The second kappa shape index (κ2) is 5.53. The zero-order valence-electron chi connectivity index (χ0n) is 11.3. The Morgan fingerprint density at radius 3 is 2.63 bits per heavy atom. The first-order valence-electron chi connectivity index (χ1n) is 6.23. The molecule has 5 heteroatoms. The lowest BCUT2D eigenvalue weighted by molar-refractivity contribution is 0.442. The number of nitriles is 1. The SMILES string of the molecule is Cc1cnn([C@H](C)[C@@H](C)Nc2ccc(C#N)cn2)c1. The number of nitrogens with zero attached hydrogens (tertiary/aromatic N) is 4. The highest BCUT2D eigenvalue weighted by Gasteiger charge is 2.14. The summed E-state index contributed by atoms with van der Waals surface area (Å²) in [6.07, 6.45) is 5.44. The Kier molecular flexibility index (Phi) is 3.81. The number of hydrogen-bond donors (Lipinski definition) is 1. The summed E-state index contributed by atoms with van der Waals surface area (Å²) in [5.74, 6) is 0.766. The number of nitrogens with one attached hydrogen (secondary N) is 1. The number of hydrogen-bond acceptors (Lipinski definition) is 4. The van der Waals surface area contributed by atoms with E-state index in [2.05, 4.69) is 35.3 Å². The fraction of sp³-hybridized carbons (Fsp3) is 0.357. The molecule has 1 N–H and O–H groups in total. The molecule has 0 aromatic carbocycles. The first kappa shape index (κ1) is 13.1. The van der Waals surface area contributed by atoms with E-state index in [1.165, 1.54) is 0 Å². The van der Waals surface area contributed by atoms with E-state index < -0.39 is 0 Å². The number of aryl methyl sites for hydroxylation is 1. The maximum Gasteiger partial charge on any atom is 0.126 e. The molecular formula is C14H17N5. The molecule has 0 spiro atoms. The van der Waals surface area contributed by atoms with E-state index in [1.54, 1.807) is 12.3 Å². The van der Waals surface area contributed by atoms with Crippen molar-refractivity contribution in [3.63, 3.8) is 0 Å². The lowest BCUT2D eigenvalue weighted by Crippen LogP contribution is -2.27. The quantitative estimate of drug-likeness (QED) is 0.911. The van der Waals surface area contributed by atoms with Crippen molar-refractivity contribution in [2.45, 2.75) is 32.9 Å². The molecule has 0 radical (unpaired) electrons. The molecule has 2 atom stereocenters. The minimum atomic E-state index is 0.180. The van der Waals surface area contributed by atoms with Gasteiger partial charge >= 0.3 is 0 Å². The van der Waals surface area contributed by atoms with Crippen LogP contribution in [0, 0.1) is 18.3 Å². The minimum Gasteiger partial charge on any atom is -0.365 e. The van der Waals surface area contributed by atoms with E-state index in [0.717, 1.165) is 11.4 Å². The van der Waals surface area contributed by atoms with Crippen LogP contribution >= 0.6 is 0 Å².